The minimum absolute atomic E-state index is 0.638. The van der Waals surface area contributed by atoms with Crippen molar-refractivity contribution in [3.63, 3.8) is 0 Å². The van der Waals surface area contributed by atoms with Crippen LogP contribution in [0.15, 0.2) is 79.1 Å². The Labute approximate surface area is 131 Å². The zero-order chi connectivity index (χ0) is 14.8. The first-order chi connectivity index (χ1) is 10.9. The molecule has 2 aliphatic rings. The lowest BCUT2D eigenvalue weighted by Crippen LogP contribution is -1.89. The first-order valence-electron chi connectivity index (χ1n) is 6.60. The third-order valence-corrected chi connectivity index (χ3v) is 3.97. The van der Waals surface area contributed by atoms with Crippen LogP contribution in [0.3, 0.4) is 0 Å². The highest BCUT2D eigenvalue weighted by Gasteiger charge is 2.18. The van der Waals surface area contributed by atoms with E-state index in [2.05, 4.69) is 26.2 Å². The molecule has 6 heteroatoms. The van der Waals surface area contributed by atoms with E-state index in [4.69, 9.17) is 4.84 Å². The molecule has 2 aliphatic heterocycles. The monoisotopic (exact) mass is 305 g/mol. The summed E-state index contributed by atoms with van der Waals surface area (Å²) in [4.78, 5) is 6.30. The molecule has 0 aromatic heterocycles. The summed E-state index contributed by atoms with van der Waals surface area (Å²) in [6.45, 7) is 0. The van der Waals surface area contributed by atoms with Crippen LogP contribution in [0, 0.1) is 6.20 Å². The Morgan fingerprint density at radius 3 is 2.86 bits per heavy atom. The van der Waals surface area contributed by atoms with Gasteiger partial charge >= 0.3 is 0 Å². The summed E-state index contributed by atoms with van der Waals surface area (Å²) in [5, 5.41) is 11.9. The fourth-order valence-corrected chi connectivity index (χ4v) is 2.81. The molecule has 0 saturated carbocycles. The molecule has 0 N–H and O–H groups in total. The van der Waals surface area contributed by atoms with Gasteiger partial charge in [0.25, 0.3) is 0 Å². The first kappa shape index (κ1) is 13.0. The van der Waals surface area contributed by atoms with Crippen molar-refractivity contribution in [2.75, 3.05) is 0 Å². The molecule has 2 aromatic rings. The number of hydrogen-bond donors (Lipinski definition) is 0. The van der Waals surface area contributed by atoms with Crippen LogP contribution in [-0.4, -0.2) is 0 Å². The van der Waals surface area contributed by atoms with E-state index in [1.165, 1.54) is 11.9 Å². The van der Waals surface area contributed by atoms with Crippen LogP contribution in [0.2, 0.25) is 0 Å². The number of para-hydroxylation sites is 1. The van der Waals surface area contributed by atoms with E-state index in [1.807, 2.05) is 54.6 Å². The van der Waals surface area contributed by atoms with Gasteiger partial charge in [-0.05, 0) is 18.2 Å². The normalized spacial score (nSPS) is 15.6. The summed E-state index contributed by atoms with van der Waals surface area (Å²) in [6, 6.07) is 15.5. The van der Waals surface area contributed by atoms with E-state index < -0.39 is 0 Å². The van der Waals surface area contributed by atoms with Crippen molar-refractivity contribution < 1.29 is 4.84 Å². The molecule has 0 amide bonds. The van der Waals surface area contributed by atoms with Gasteiger partial charge in [-0.3, -0.25) is 0 Å². The molecule has 5 nitrogen and oxygen atoms in total. The van der Waals surface area contributed by atoms with Crippen molar-refractivity contribution in [3.05, 3.63) is 71.6 Å². The average molecular weight is 305 g/mol. The number of nitrogens with zero attached hydrogens (tertiary/aromatic N) is 4. The topological polar surface area (TPSA) is 58.7 Å². The Balaban J connectivity index is 1.87. The van der Waals surface area contributed by atoms with Gasteiger partial charge in [0, 0.05) is 38.8 Å². The van der Waals surface area contributed by atoms with Crippen LogP contribution in [0.1, 0.15) is 11.1 Å². The average Bonchev–Trinajstić information content (AvgIpc) is 2.90. The molecule has 0 fully saturated rings. The standard InChI is InChI=1S/C16H9N4OS/c1-3-7-15-11(5-1)9-14(18-19-21-15)13-10-17-20-22-16-8-4-2-6-12(13)16/h1-9H. The van der Waals surface area contributed by atoms with E-state index in [0.29, 0.717) is 11.4 Å². The second-order valence-corrected chi connectivity index (χ2v) is 5.38. The van der Waals surface area contributed by atoms with Gasteiger partial charge in [0.05, 0.1) is 5.70 Å². The van der Waals surface area contributed by atoms with E-state index in [-0.39, 0.29) is 0 Å². The summed E-state index contributed by atoms with van der Waals surface area (Å²) in [7, 11) is 0. The van der Waals surface area contributed by atoms with Crippen LogP contribution >= 0.6 is 11.9 Å². The molecule has 0 spiro atoms. The molecule has 0 saturated heterocycles. The smallest absolute Gasteiger partial charge is 0.167 e. The molecule has 0 aliphatic carbocycles. The summed E-state index contributed by atoms with van der Waals surface area (Å²) < 4.78 is 4.00. The summed E-state index contributed by atoms with van der Waals surface area (Å²) >= 11 is 1.31. The van der Waals surface area contributed by atoms with Crippen LogP contribution in [0.25, 0.3) is 11.6 Å². The zero-order valence-corrected chi connectivity index (χ0v) is 12.1. The Hall–Kier alpha value is -2.73. The second kappa shape index (κ2) is 5.57. The van der Waals surface area contributed by atoms with Crippen LogP contribution in [0.5, 0.6) is 5.75 Å². The molecular weight excluding hydrogens is 296 g/mol. The molecule has 105 valence electrons. The Bertz CT molecular complexity index is 855. The highest BCUT2D eigenvalue weighted by atomic mass is 32.2. The van der Waals surface area contributed by atoms with Crippen molar-refractivity contribution in [3.8, 4) is 5.75 Å². The maximum atomic E-state index is 5.29. The van der Waals surface area contributed by atoms with Gasteiger partial charge < -0.3 is 4.84 Å². The fourth-order valence-electron chi connectivity index (χ4n) is 2.23. The van der Waals surface area contributed by atoms with Gasteiger partial charge in [-0.25, -0.2) is 0 Å². The fraction of sp³-hybridized carbons (Fsp3) is 0. The lowest BCUT2D eigenvalue weighted by atomic mass is 10.0. The van der Waals surface area contributed by atoms with Gasteiger partial charge in [0.15, 0.2) is 5.75 Å². The van der Waals surface area contributed by atoms with Crippen molar-refractivity contribution >= 4 is 23.6 Å². The van der Waals surface area contributed by atoms with Crippen molar-refractivity contribution in [2.45, 2.75) is 4.90 Å². The maximum absolute atomic E-state index is 5.29. The maximum Gasteiger partial charge on any atom is 0.167 e. The van der Waals surface area contributed by atoms with Gasteiger partial charge in [0.2, 0.25) is 0 Å². The van der Waals surface area contributed by atoms with E-state index in [0.717, 1.165) is 21.6 Å². The predicted octanol–water partition coefficient (Wildman–Crippen LogP) is 5.10. The molecule has 0 unspecified atom stereocenters. The quantitative estimate of drug-likeness (QED) is 0.688. The molecule has 2 aromatic carbocycles. The van der Waals surface area contributed by atoms with Crippen molar-refractivity contribution in [2.24, 2.45) is 20.0 Å². The van der Waals surface area contributed by atoms with Gasteiger partial charge in [-0.2, -0.15) is 0 Å². The van der Waals surface area contributed by atoms with Crippen molar-refractivity contribution in [1.29, 1.82) is 0 Å². The highest BCUT2D eigenvalue weighted by molar-refractivity contribution is 7.98. The second-order valence-electron chi connectivity index (χ2n) is 4.60. The molecule has 2 heterocycles. The molecule has 1 radical (unpaired) electrons. The minimum Gasteiger partial charge on any atom is -0.339 e. The third kappa shape index (κ3) is 2.33. The minimum atomic E-state index is 0.638. The van der Waals surface area contributed by atoms with Gasteiger partial charge in [0.1, 0.15) is 6.20 Å². The largest absolute Gasteiger partial charge is 0.339 e. The van der Waals surface area contributed by atoms with E-state index in [9.17, 15) is 0 Å². The zero-order valence-electron chi connectivity index (χ0n) is 11.3. The lowest BCUT2D eigenvalue weighted by Gasteiger charge is -2.07. The summed E-state index contributed by atoms with van der Waals surface area (Å²) in [6.07, 6.45) is 4.86. The van der Waals surface area contributed by atoms with Crippen molar-refractivity contribution in [1.82, 2.24) is 0 Å². The molecule has 4 rings (SSSR count). The van der Waals surface area contributed by atoms with Crippen LogP contribution in [0.4, 0.5) is 0 Å². The number of rotatable bonds is 1. The van der Waals surface area contributed by atoms with E-state index in [1.54, 1.807) is 0 Å². The van der Waals surface area contributed by atoms with Gasteiger partial charge in [-0.15, -0.1) is 14.7 Å². The Kier molecular flexibility index (Phi) is 3.29. The van der Waals surface area contributed by atoms with Crippen LogP contribution < -0.4 is 4.84 Å². The lowest BCUT2D eigenvalue weighted by molar-refractivity contribution is 0.312. The number of fused-ring (bicyclic) bond motifs is 2. The third-order valence-electron chi connectivity index (χ3n) is 3.25. The van der Waals surface area contributed by atoms with Gasteiger partial charge in [-0.1, -0.05) is 36.4 Å². The van der Waals surface area contributed by atoms with Crippen LogP contribution in [-0.2, 0) is 0 Å². The molecular formula is C16H9N4OS. The molecule has 0 atom stereocenters. The Morgan fingerprint density at radius 2 is 1.86 bits per heavy atom. The number of benzene rings is 2. The Morgan fingerprint density at radius 1 is 1.00 bits per heavy atom. The summed E-state index contributed by atoms with van der Waals surface area (Å²) in [5.74, 6) is 0.666. The number of allylic oxidation sites excluding steroid dienone is 1. The number of hydrogen-bond acceptors (Lipinski definition) is 6. The molecule has 22 heavy (non-hydrogen) atoms. The SMILES string of the molecule is [C]1=C(C2=Cc3ccccc3ON=N2)c2ccccc2SN=N1. The highest BCUT2D eigenvalue weighted by Crippen LogP contribution is 2.37. The predicted molar refractivity (Wildman–Crippen MR) is 83.7 cm³/mol. The first-order valence-corrected chi connectivity index (χ1v) is 7.38. The van der Waals surface area contributed by atoms with E-state index >= 15 is 0 Å². The summed E-state index contributed by atoms with van der Waals surface area (Å²) in [5.41, 5.74) is 3.26. The molecule has 0 bridgehead atoms.